The largest absolute Gasteiger partial charge is 0.497 e. The molecule has 0 saturated carbocycles. The predicted molar refractivity (Wildman–Crippen MR) is 141 cm³/mol. The Bertz CT molecular complexity index is 1340. The molecule has 0 bridgehead atoms. The second-order valence-electron chi connectivity index (χ2n) is 7.97. The second-order valence-corrected chi connectivity index (χ2v) is 9.76. The number of hydrogen-bond donors (Lipinski definition) is 1. The van der Waals surface area contributed by atoms with Gasteiger partial charge in [-0.3, -0.25) is 9.36 Å². The fraction of sp³-hybridized carbons (Fsp3) is 0.192. The molecule has 4 rings (SSSR count). The Kier molecular flexibility index (Phi) is 8.00. The first kappa shape index (κ1) is 25.1. The van der Waals surface area contributed by atoms with Crippen LogP contribution in [0.15, 0.2) is 71.9 Å². The van der Waals surface area contributed by atoms with Crippen molar-refractivity contribution in [3.8, 4) is 11.4 Å². The summed E-state index contributed by atoms with van der Waals surface area (Å²) in [5.74, 6) is 1.72. The van der Waals surface area contributed by atoms with Crippen molar-refractivity contribution < 1.29 is 9.53 Å². The van der Waals surface area contributed by atoms with Crippen molar-refractivity contribution in [2.75, 3.05) is 7.11 Å². The van der Waals surface area contributed by atoms with Crippen molar-refractivity contribution in [1.29, 1.82) is 0 Å². The molecule has 0 aliphatic rings. The molecule has 6 nitrogen and oxygen atoms in total. The molecule has 1 N–H and O–H groups in total. The first-order valence-corrected chi connectivity index (χ1v) is 12.6. The van der Waals surface area contributed by atoms with Crippen LogP contribution in [-0.4, -0.2) is 27.8 Å². The van der Waals surface area contributed by atoms with Gasteiger partial charge in [-0.1, -0.05) is 64.8 Å². The van der Waals surface area contributed by atoms with Crippen LogP contribution in [0.2, 0.25) is 10.0 Å². The Morgan fingerprint density at radius 1 is 1.09 bits per heavy atom. The lowest BCUT2D eigenvalue weighted by Crippen LogP contribution is -2.28. The molecule has 1 aromatic heterocycles. The maximum absolute atomic E-state index is 12.9. The van der Waals surface area contributed by atoms with Crippen LogP contribution < -0.4 is 10.1 Å². The molecule has 0 aliphatic heterocycles. The summed E-state index contributed by atoms with van der Waals surface area (Å²) in [6, 6.07) is 20.1. The van der Waals surface area contributed by atoms with E-state index in [1.807, 2.05) is 23.6 Å². The zero-order chi connectivity index (χ0) is 24.9. The third kappa shape index (κ3) is 5.99. The number of hydrogen-bond acceptors (Lipinski definition) is 5. The number of amides is 1. The molecule has 0 aliphatic carbocycles. The number of benzene rings is 3. The molecule has 4 aromatic rings. The Labute approximate surface area is 218 Å². The number of carbonyl (C=O) groups excluding carboxylic acids is 1. The average molecular weight is 527 g/mol. The van der Waals surface area contributed by atoms with Gasteiger partial charge in [0.15, 0.2) is 11.0 Å². The number of carbonyl (C=O) groups is 1. The van der Waals surface area contributed by atoms with Crippen LogP contribution in [0.4, 0.5) is 0 Å². The molecule has 1 amide bonds. The number of halogens is 2. The summed E-state index contributed by atoms with van der Waals surface area (Å²) < 4.78 is 7.04. The molecule has 180 valence electrons. The van der Waals surface area contributed by atoms with Gasteiger partial charge < -0.3 is 10.1 Å². The molecule has 0 radical (unpaired) electrons. The van der Waals surface area contributed by atoms with Gasteiger partial charge in [-0.25, -0.2) is 0 Å². The highest BCUT2D eigenvalue weighted by atomic mass is 35.5. The molecule has 35 heavy (non-hydrogen) atoms. The van der Waals surface area contributed by atoms with E-state index in [1.165, 1.54) is 11.1 Å². The molecule has 0 spiro atoms. The Morgan fingerprint density at radius 3 is 2.54 bits per heavy atom. The van der Waals surface area contributed by atoms with Gasteiger partial charge in [0.1, 0.15) is 5.75 Å². The van der Waals surface area contributed by atoms with Crippen molar-refractivity contribution in [2.24, 2.45) is 0 Å². The van der Waals surface area contributed by atoms with Gasteiger partial charge in [-0.2, -0.15) is 0 Å². The average Bonchev–Trinajstić information content (AvgIpc) is 3.26. The number of rotatable bonds is 8. The number of aromatic nitrogens is 3. The Morgan fingerprint density at radius 2 is 1.86 bits per heavy atom. The summed E-state index contributed by atoms with van der Waals surface area (Å²) in [5.41, 5.74) is 3.57. The number of nitrogens with one attached hydrogen (secondary N) is 1. The zero-order valence-corrected chi connectivity index (χ0v) is 21.8. The molecule has 1 unspecified atom stereocenters. The van der Waals surface area contributed by atoms with Gasteiger partial charge in [0, 0.05) is 16.3 Å². The van der Waals surface area contributed by atoms with Crippen LogP contribution in [0.25, 0.3) is 5.69 Å². The molecule has 0 saturated heterocycles. The van der Waals surface area contributed by atoms with Crippen LogP contribution in [0.3, 0.4) is 0 Å². The standard InChI is InChI=1S/C26H24Cl2N4O2S/c1-16-5-4-6-18(13-16)15-35-26-31-30-24(32(26)23-12-9-20(27)14-22(23)28)17(2)29-25(33)19-7-10-21(34-3)11-8-19/h4-14,17H,15H2,1-3H3,(H,29,33). The number of methoxy groups -OCH3 is 1. The Hall–Kier alpha value is -3.00. The SMILES string of the molecule is COc1ccc(C(=O)NC(C)c2nnc(SCc3cccc(C)c3)n2-c2ccc(Cl)cc2Cl)cc1. The summed E-state index contributed by atoms with van der Waals surface area (Å²) in [6.07, 6.45) is 0. The minimum Gasteiger partial charge on any atom is -0.497 e. The van der Waals surface area contributed by atoms with Crippen molar-refractivity contribution in [1.82, 2.24) is 20.1 Å². The fourth-order valence-corrected chi connectivity index (χ4v) is 4.97. The molecule has 9 heteroatoms. The van der Waals surface area contributed by atoms with E-state index in [-0.39, 0.29) is 5.91 Å². The van der Waals surface area contributed by atoms with E-state index in [0.29, 0.717) is 43.8 Å². The molecular weight excluding hydrogens is 503 g/mol. The topological polar surface area (TPSA) is 69.0 Å². The number of aryl methyl sites for hydroxylation is 1. The smallest absolute Gasteiger partial charge is 0.251 e. The first-order valence-electron chi connectivity index (χ1n) is 10.9. The van der Waals surface area contributed by atoms with Gasteiger partial charge in [0.25, 0.3) is 5.91 Å². The van der Waals surface area contributed by atoms with Gasteiger partial charge >= 0.3 is 0 Å². The van der Waals surface area contributed by atoms with Crippen LogP contribution in [0.5, 0.6) is 5.75 Å². The minimum absolute atomic E-state index is 0.231. The van der Waals surface area contributed by atoms with E-state index in [4.69, 9.17) is 27.9 Å². The van der Waals surface area contributed by atoms with E-state index in [2.05, 4.69) is 40.6 Å². The molecule has 0 fully saturated rings. The second kappa shape index (κ2) is 11.2. The lowest BCUT2D eigenvalue weighted by molar-refractivity contribution is 0.0938. The monoisotopic (exact) mass is 526 g/mol. The summed E-state index contributed by atoms with van der Waals surface area (Å²) in [5, 5.41) is 13.5. The highest BCUT2D eigenvalue weighted by molar-refractivity contribution is 7.98. The van der Waals surface area contributed by atoms with Gasteiger partial charge in [-0.05, 0) is 61.9 Å². The summed E-state index contributed by atoms with van der Waals surface area (Å²) in [4.78, 5) is 12.9. The van der Waals surface area contributed by atoms with E-state index in [0.717, 1.165) is 0 Å². The van der Waals surface area contributed by atoms with Crippen LogP contribution in [-0.2, 0) is 5.75 Å². The van der Waals surface area contributed by atoms with Gasteiger partial charge in [0.2, 0.25) is 0 Å². The summed E-state index contributed by atoms with van der Waals surface area (Å²) >= 11 is 14.3. The third-order valence-electron chi connectivity index (χ3n) is 5.35. The number of thioether (sulfide) groups is 1. The number of nitrogens with zero attached hydrogens (tertiary/aromatic N) is 3. The van der Waals surface area contributed by atoms with Crippen molar-refractivity contribution in [2.45, 2.75) is 30.8 Å². The Balaban J connectivity index is 1.64. The lowest BCUT2D eigenvalue weighted by atomic mass is 10.2. The maximum atomic E-state index is 12.9. The molecular formula is C26H24Cl2N4O2S. The highest BCUT2D eigenvalue weighted by Gasteiger charge is 2.23. The quantitative estimate of drug-likeness (QED) is 0.259. The highest BCUT2D eigenvalue weighted by Crippen LogP contribution is 2.32. The fourth-order valence-electron chi connectivity index (χ4n) is 3.58. The summed E-state index contributed by atoms with van der Waals surface area (Å²) in [6.45, 7) is 3.93. The maximum Gasteiger partial charge on any atom is 0.251 e. The lowest BCUT2D eigenvalue weighted by Gasteiger charge is -2.17. The molecule has 3 aromatic carbocycles. The minimum atomic E-state index is -0.447. The van der Waals surface area contributed by atoms with Crippen LogP contribution in [0.1, 0.15) is 40.3 Å². The van der Waals surface area contributed by atoms with Crippen LogP contribution >= 0.6 is 35.0 Å². The molecule has 1 heterocycles. The zero-order valence-electron chi connectivity index (χ0n) is 19.5. The van der Waals surface area contributed by atoms with Crippen LogP contribution in [0, 0.1) is 6.92 Å². The van der Waals surface area contributed by atoms with E-state index < -0.39 is 6.04 Å². The predicted octanol–water partition coefficient (Wildman–Crippen LogP) is 6.67. The van der Waals surface area contributed by atoms with E-state index in [1.54, 1.807) is 55.3 Å². The van der Waals surface area contributed by atoms with Gasteiger partial charge in [0.05, 0.1) is 23.9 Å². The van der Waals surface area contributed by atoms with E-state index >= 15 is 0 Å². The third-order valence-corrected chi connectivity index (χ3v) is 6.88. The van der Waals surface area contributed by atoms with Gasteiger partial charge in [-0.15, -0.1) is 10.2 Å². The van der Waals surface area contributed by atoms with Crippen molar-refractivity contribution in [3.05, 3.63) is 99.3 Å². The first-order chi connectivity index (χ1) is 16.9. The van der Waals surface area contributed by atoms with Crippen molar-refractivity contribution >= 4 is 40.9 Å². The van der Waals surface area contributed by atoms with E-state index in [9.17, 15) is 4.79 Å². The van der Waals surface area contributed by atoms with Crippen molar-refractivity contribution in [3.63, 3.8) is 0 Å². The number of ether oxygens (including phenoxy) is 1. The normalized spacial score (nSPS) is 11.8. The summed E-state index contributed by atoms with van der Waals surface area (Å²) in [7, 11) is 1.58. The molecule has 1 atom stereocenters.